The normalized spacial score (nSPS) is 20.9. The third kappa shape index (κ3) is 5.39. The van der Waals surface area contributed by atoms with Crippen molar-refractivity contribution in [2.45, 2.75) is 43.1 Å². The van der Waals surface area contributed by atoms with Crippen molar-refractivity contribution >= 4 is 28.2 Å². The van der Waals surface area contributed by atoms with Gasteiger partial charge in [-0.3, -0.25) is 0 Å². The summed E-state index contributed by atoms with van der Waals surface area (Å²) >= 11 is 0. The molecule has 56 heavy (non-hydrogen) atoms. The van der Waals surface area contributed by atoms with Gasteiger partial charge >= 0.3 is 0 Å². The van der Waals surface area contributed by atoms with Gasteiger partial charge in [0.1, 0.15) is 17.2 Å². The smallest absolute Gasteiger partial charge is 0.178 e. The molecule has 5 aromatic rings. The average molecular weight is 746 g/mol. The van der Waals surface area contributed by atoms with Gasteiger partial charge in [0.05, 0.1) is 58.0 Å². The van der Waals surface area contributed by atoms with E-state index in [4.69, 9.17) is 23.7 Å². The lowest BCUT2D eigenvalue weighted by Crippen LogP contribution is -2.37. The van der Waals surface area contributed by atoms with Gasteiger partial charge in [-0.1, -0.05) is 55.7 Å². The summed E-state index contributed by atoms with van der Waals surface area (Å²) in [6, 6.07) is 30.5. The van der Waals surface area contributed by atoms with Crippen molar-refractivity contribution in [2.75, 3.05) is 76.6 Å². The number of anilines is 2. The molecule has 8 heteroatoms. The summed E-state index contributed by atoms with van der Waals surface area (Å²) in [4.78, 5) is 4.77. The van der Waals surface area contributed by atoms with Crippen LogP contribution in [0.2, 0.25) is 0 Å². The van der Waals surface area contributed by atoms with E-state index in [2.05, 4.69) is 88.7 Å². The molecule has 2 saturated heterocycles. The number of hydrogen-bond acceptors (Lipinski definition) is 8. The molecule has 3 heterocycles. The minimum absolute atomic E-state index is 0.222. The number of methoxy groups -OCH3 is 2. The number of nitriles is 1. The van der Waals surface area contributed by atoms with Crippen LogP contribution in [0.3, 0.4) is 0 Å². The highest BCUT2D eigenvalue weighted by Gasteiger charge is 2.49. The van der Waals surface area contributed by atoms with Gasteiger partial charge in [-0.25, -0.2) is 0 Å². The first-order chi connectivity index (χ1) is 27.6. The number of rotatable bonds is 6. The van der Waals surface area contributed by atoms with Gasteiger partial charge in [-0.2, -0.15) is 5.26 Å². The number of nitrogens with zero attached hydrogens (tertiary/aromatic N) is 3. The molecular weight excluding hydrogens is 699 g/mol. The molecule has 0 amide bonds. The molecule has 1 saturated carbocycles. The molecule has 5 aliphatic rings. The summed E-state index contributed by atoms with van der Waals surface area (Å²) < 4.78 is 31.0. The monoisotopic (exact) mass is 745 g/mol. The third-order valence-corrected chi connectivity index (χ3v) is 13.0. The first-order valence-electron chi connectivity index (χ1n) is 20.1. The number of benzene rings is 5. The van der Waals surface area contributed by atoms with Gasteiger partial charge in [0.2, 0.25) is 0 Å². The Morgan fingerprint density at radius 3 is 2.05 bits per heavy atom. The predicted octanol–water partition coefficient (Wildman–Crippen LogP) is 8.98. The Morgan fingerprint density at radius 2 is 1.39 bits per heavy atom. The van der Waals surface area contributed by atoms with Crippen molar-refractivity contribution in [3.05, 3.63) is 118 Å². The minimum atomic E-state index is -0.931. The topological polar surface area (TPSA) is 76.4 Å². The van der Waals surface area contributed by atoms with Gasteiger partial charge in [0, 0.05) is 59.4 Å². The van der Waals surface area contributed by atoms with Crippen LogP contribution in [0, 0.1) is 11.3 Å². The fraction of sp³-hybridized carbons (Fsp3) is 0.354. The Balaban J connectivity index is 1.24. The van der Waals surface area contributed by atoms with Gasteiger partial charge in [0.25, 0.3) is 0 Å². The minimum Gasteiger partial charge on any atom is -0.497 e. The Hall–Kier alpha value is -5.49. The molecule has 284 valence electrons. The first kappa shape index (κ1) is 35.0. The van der Waals surface area contributed by atoms with Crippen LogP contribution in [0.5, 0.6) is 17.2 Å². The molecule has 8 nitrogen and oxygen atoms in total. The fourth-order valence-corrected chi connectivity index (χ4v) is 10.2. The zero-order chi connectivity index (χ0) is 37.9. The summed E-state index contributed by atoms with van der Waals surface area (Å²) in [6.07, 6.45) is 10.2. The van der Waals surface area contributed by atoms with E-state index in [1.54, 1.807) is 14.2 Å². The second-order valence-corrected chi connectivity index (χ2v) is 15.7. The Labute approximate surface area is 328 Å². The number of ether oxygens (including phenoxy) is 5. The maximum Gasteiger partial charge on any atom is 0.178 e. The quantitative estimate of drug-likeness (QED) is 0.171. The van der Waals surface area contributed by atoms with Crippen molar-refractivity contribution in [3.8, 4) is 34.4 Å². The molecule has 1 atom stereocenters. The zero-order valence-electron chi connectivity index (χ0n) is 32.2. The van der Waals surface area contributed by atoms with E-state index in [9.17, 15) is 5.26 Å². The molecule has 1 spiro atoms. The summed E-state index contributed by atoms with van der Waals surface area (Å²) in [5.74, 6) is 2.47. The van der Waals surface area contributed by atoms with E-state index in [1.165, 1.54) is 34.4 Å². The van der Waals surface area contributed by atoms with Gasteiger partial charge in [0.15, 0.2) is 5.60 Å². The Kier molecular flexibility index (Phi) is 8.69. The molecule has 0 N–H and O–H groups in total. The number of fused-ring (bicyclic) bond motifs is 10. The molecular formula is C48H47N3O5. The molecule has 2 aliphatic carbocycles. The van der Waals surface area contributed by atoms with Gasteiger partial charge in [-0.15, -0.1) is 0 Å². The second kappa shape index (κ2) is 13.9. The van der Waals surface area contributed by atoms with Crippen molar-refractivity contribution in [3.63, 3.8) is 0 Å². The summed E-state index contributed by atoms with van der Waals surface area (Å²) in [6.45, 7) is 6.15. The fourth-order valence-electron chi connectivity index (χ4n) is 10.2. The van der Waals surface area contributed by atoms with Crippen LogP contribution in [0.15, 0.2) is 84.9 Å². The standard InChI is InChI=1S/C48H47N3O5/c1-52-36-13-9-34(10-14-36)48(33-7-11-35(12-8-33)50-20-24-54-25-21-50)19-16-38-45-44(37-15-6-32(31-49)28-41(37)47(45)17-4-3-5-18-47)39-29-42(51-22-26-55-27-23-51)43(53-2)30-40(39)46(38)56-48/h6-16,19,28-30H,3-5,17-18,20-27H2,1-2H3. The van der Waals surface area contributed by atoms with Gasteiger partial charge in [-0.05, 0) is 95.1 Å². The highest BCUT2D eigenvalue weighted by atomic mass is 16.5. The number of morpholine rings is 2. The predicted molar refractivity (Wildman–Crippen MR) is 220 cm³/mol. The van der Waals surface area contributed by atoms with Crippen molar-refractivity contribution in [1.82, 2.24) is 0 Å². The summed E-state index contributed by atoms with van der Waals surface area (Å²) in [5.41, 5.74) is 10.1. The average Bonchev–Trinajstić information content (AvgIpc) is 3.54. The molecule has 0 bridgehead atoms. The van der Waals surface area contributed by atoms with Crippen molar-refractivity contribution in [1.29, 1.82) is 5.26 Å². The van der Waals surface area contributed by atoms with Crippen LogP contribution in [0.1, 0.15) is 65.5 Å². The first-order valence-corrected chi connectivity index (χ1v) is 20.1. The van der Waals surface area contributed by atoms with Crippen LogP contribution in [-0.4, -0.2) is 66.8 Å². The highest BCUT2D eigenvalue weighted by Crippen LogP contribution is 2.63. The maximum atomic E-state index is 10.1. The lowest BCUT2D eigenvalue weighted by molar-refractivity contribution is 0.122. The van der Waals surface area contributed by atoms with E-state index in [1.807, 2.05) is 18.2 Å². The van der Waals surface area contributed by atoms with Crippen LogP contribution in [-0.2, 0) is 20.5 Å². The highest BCUT2D eigenvalue weighted by molar-refractivity contribution is 6.10. The molecule has 1 unspecified atom stereocenters. The molecule has 10 rings (SSSR count). The van der Waals surface area contributed by atoms with E-state index in [-0.39, 0.29) is 5.41 Å². The lowest BCUT2D eigenvalue weighted by Gasteiger charge is -2.41. The van der Waals surface area contributed by atoms with Crippen LogP contribution in [0.25, 0.3) is 28.0 Å². The van der Waals surface area contributed by atoms with Crippen LogP contribution in [0.4, 0.5) is 11.4 Å². The van der Waals surface area contributed by atoms with E-state index in [0.29, 0.717) is 18.8 Å². The van der Waals surface area contributed by atoms with Crippen LogP contribution >= 0.6 is 0 Å². The largest absolute Gasteiger partial charge is 0.497 e. The zero-order valence-corrected chi connectivity index (χ0v) is 32.2. The third-order valence-electron chi connectivity index (χ3n) is 13.0. The summed E-state index contributed by atoms with van der Waals surface area (Å²) in [7, 11) is 3.46. The SMILES string of the molecule is COc1ccc(C2(c3ccc(N4CCOCC4)cc3)C=Cc3c4c(c5cc(N6CCOCC6)c(OC)cc5c3O2)-c2ccc(C#N)cc2C42CCCCC2)cc1. The van der Waals surface area contributed by atoms with E-state index < -0.39 is 5.60 Å². The maximum absolute atomic E-state index is 10.1. The van der Waals surface area contributed by atoms with E-state index >= 15 is 0 Å². The van der Waals surface area contributed by atoms with Crippen molar-refractivity contribution < 1.29 is 23.7 Å². The molecule has 0 aromatic heterocycles. The van der Waals surface area contributed by atoms with Crippen LogP contribution < -0.4 is 24.0 Å². The molecule has 3 fully saturated rings. The molecule has 3 aliphatic heterocycles. The Morgan fingerprint density at radius 1 is 0.714 bits per heavy atom. The van der Waals surface area contributed by atoms with Gasteiger partial charge < -0.3 is 33.5 Å². The second-order valence-electron chi connectivity index (χ2n) is 15.7. The molecule has 0 radical (unpaired) electrons. The lowest BCUT2D eigenvalue weighted by atomic mass is 9.66. The Bertz CT molecular complexity index is 2380. The van der Waals surface area contributed by atoms with Crippen molar-refractivity contribution in [2.24, 2.45) is 0 Å². The van der Waals surface area contributed by atoms with E-state index in [0.717, 1.165) is 115 Å². The molecule has 5 aromatic carbocycles. The summed E-state index contributed by atoms with van der Waals surface area (Å²) in [5, 5.41) is 12.3. The number of hydrogen-bond donors (Lipinski definition) is 0.